The molecule has 0 N–H and O–H groups in total. The van der Waals surface area contributed by atoms with Gasteiger partial charge in [0.2, 0.25) is 5.16 Å². The molecule has 2 aromatic heterocycles. The maximum absolute atomic E-state index is 4.52. The number of thioether (sulfide) groups is 1. The van der Waals surface area contributed by atoms with Crippen molar-refractivity contribution in [2.75, 3.05) is 0 Å². The summed E-state index contributed by atoms with van der Waals surface area (Å²) in [6, 6.07) is 12.3. The molecule has 0 fully saturated rings. The number of fused-ring (bicyclic) bond motifs is 1. The molecule has 2 heterocycles. The van der Waals surface area contributed by atoms with Crippen LogP contribution in [0.5, 0.6) is 0 Å². The third kappa shape index (κ3) is 3.01. The van der Waals surface area contributed by atoms with E-state index in [2.05, 4.69) is 54.1 Å². The Hall–Kier alpha value is -0.850. The average molecular weight is 399 g/mol. The van der Waals surface area contributed by atoms with Crippen LogP contribution in [0.25, 0.3) is 5.65 Å². The summed E-state index contributed by atoms with van der Waals surface area (Å²) >= 11 is 8.57. The first-order valence-electron chi connectivity index (χ1n) is 5.60. The van der Waals surface area contributed by atoms with Gasteiger partial charge in [-0.1, -0.05) is 42.1 Å². The van der Waals surface area contributed by atoms with Crippen LogP contribution in [0.15, 0.2) is 56.7 Å². The smallest absolute Gasteiger partial charge is 0.209 e. The van der Waals surface area contributed by atoms with Gasteiger partial charge in [0.25, 0.3) is 0 Å². The molecule has 0 radical (unpaired) electrons. The van der Waals surface area contributed by atoms with Crippen molar-refractivity contribution in [3.05, 3.63) is 57.1 Å². The van der Waals surface area contributed by atoms with Crippen molar-refractivity contribution in [1.29, 1.82) is 0 Å². The molecular formula is C13H9Br2N3S. The predicted octanol–water partition coefficient (Wildman–Crippen LogP) is 4.55. The van der Waals surface area contributed by atoms with Crippen LogP contribution in [-0.2, 0) is 5.75 Å². The number of hydrogen-bond donors (Lipinski definition) is 0. The molecule has 0 aliphatic carbocycles. The zero-order valence-electron chi connectivity index (χ0n) is 9.75. The van der Waals surface area contributed by atoms with Gasteiger partial charge in [0, 0.05) is 16.4 Å². The molecule has 0 saturated carbocycles. The normalized spacial score (nSPS) is 11.1. The zero-order chi connectivity index (χ0) is 13.2. The van der Waals surface area contributed by atoms with Gasteiger partial charge < -0.3 is 0 Å². The summed E-state index contributed by atoms with van der Waals surface area (Å²) < 4.78 is 3.68. The second-order valence-corrected chi connectivity index (χ2v) is 6.66. The Balaban J connectivity index is 1.84. The predicted molar refractivity (Wildman–Crippen MR) is 84.4 cm³/mol. The van der Waals surface area contributed by atoms with Crippen molar-refractivity contribution < 1.29 is 0 Å². The molecule has 0 saturated heterocycles. The molecule has 3 rings (SSSR count). The lowest BCUT2D eigenvalue weighted by molar-refractivity contribution is 0.883. The highest BCUT2D eigenvalue weighted by Gasteiger charge is 2.08. The highest BCUT2D eigenvalue weighted by atomic mass is 79.9. The van der Waals surface area contributed by atoms with Gasteiger partial charge in [0.15, 0.2) is 5.65 Å². The van der Waals surface area contributed by atoms with E-state index >= 15 is 0 Å². The Bertz CT molecular complexity index is 712. The second kappa shape index (κ2) is 5.64. The summed E-state index contributed by atoms with van der Waals surface area (Å²) in [5.74, 6) is 0.872. The minimum atomic E-state index is 0.780. The second-order valence-electron chi connectivity index (χ2n) is 3.94. The molecule has 0 atom stereocenters. The number of halogens is 2. The molecular weight excluding hydrogens is 390 g/mol. The van der Waals surface area contributed by atoms with Gasteiger partial charge in [0.1, 0.15) is 0 Å². The van der Waals surface area contributed by atoms with E-state index in [1.165, 1.54) is 5.56 Å². The summed E-state index contributed by atoms with van der Waals surface area (Å²) in [7, 11) is 0. The molecule has 19 heavy (non-hydrogen) atoms. The molecule has 0 aliphatic heterocycles. The largest absolute Gasteiger partial charge is 0.218 e. The highest BCUT2D eigenvalue weighted by molar-refractivity contribution is 9.11. The van der Waals surface area contributed by atoms with Crippen LogP contribution in [-0.4, -0.2) is 14.6 Å². The van der Waals surface area contributed by atoms with E-state index in [1.807, 2.05) is 30.5 Å². The van der Waals surface area contributed by atoms with Crippen molar-refractivity contribution in [3.8, 4) is 0 Å². The molecule has 6 heteroatoms. The number of aromatic nitrogens is 3. The Labute approximate surface area is 131 Å². The van der Waals surface area contributed by atoms with Gasteiger partial charge in [0.05, 0.1) is 4.47 Å². The number of benzene rings is 1. The van der Waals surface area contributed by atoms with Gasteiger partial charge in [-0.3, -0.25) is 0 Å². The van der Waals surface area contributed by atoms with E-state index in [0.717, 1.165) is 25.5 Å². The Morgan fingerprint density at radius 2 is 1.95 bits per heavy atom. The van der Waals surface area contributed by atoms with Gasteiger partial charge in [-0.25, -0.2) is 9.50 Å². The SMILES string of the molecule is Brc1cc(Br)c2nc(SCc3ccccc3)nn2c1. The molecule has 0 amide bonds. The maximum Gasteiger partial charge on any atom is 0.209 e. The minimum absolute atomic E-state index is 0.780. The summed E-state index contributed by atoms with van der Waals surface area (Å²) in [6.07, 6.45) is 1.90. The lowest BCUT2D eigenvalue weighted by atomic mass is 10.2. The maximum atomic E-state index is 4.52. The number of rotatable bonds is 3. The van der Waals surface area contributed by atoms with Gasteiger partial charge in [-0.05, 0) is 43.5 Å². The summed E-state index contributed by atoms with van der Waals surface area (Å²) in [5, 5.41) is 5.24. The van der Waals surface area contributed by atoms with Crippen molar-refractivity contribution in [2.24, 2.45) is 0 Å². The standard InChI is InChI=1S/C13H9Br2N3S/c14-10-6-11(15)12-16-13(17-18(12)7-10)19-8-9-4-2-1-3-5-9/h1-7H,8H2. The van der Waals surface area contributed by atoms with Crippen molar-refractivity contribution >= 4 is 49.3 Å². The molecule has 96 valence electrons. The number of pyridine rings is 1. The molecule has 1 aromatic carbocycles. The topological polar surface area (TPSA) is 30.2 Å². The zero-order valence-corrected chi connectivity index (χ0v) is 13.7. The molecule has 0 bridgehead atoms. The first-order valence-corrected chi connectivity index (χ1v) is 8.18. The Morgan fingerprint density at radius 1 is 1.16 bits per heavy atom. The fraction of sp³-hybridized carbons (Fsp3) is 0.0769. The van der Waals surface area contributed by atoms with Gasteiger partial charge >= 0.3 is 0 Å². The van der Waals surface area contributed by atoms with E-state index in [0.29, 0.717) is 0 Å². The van der Waals surface area contributed by atoms with E-state index in [-0.39, 0.29) is 0 Å². The van der Waals surface area contributed by atoms with Crippen molar-refractivity contribution in [1.82, 2.24) is 14.6 Å². The monoisotopic (exact) mass is 397 g/mol. The van der Waals surface area contributed by atoms with Crippen LogP contribution in [0.2, 0.25) is 0 Å². The summed E-state index contributed by atoms with van der Waals surface area (Å²) in [6.45, 7) is 0. The van der Waals surface area contributed by atoms with Crippen molar-refractivity contribution in [2.45, 2.75) is 10.9 Å². The lowest BCUT2D eigenvalue weighted by Crippen LogP contribution is -1.87. The molecule has 3 nitrogen and oxygen atoms in total. The number of nitrogens with zero attached hydrogens (tertiary/aromatic N) is 3. The molecule has 3 aromatic rings. The number of hydrogen-bond acceptors (Lipinski definition) is 3. The lowest BCUT2D eigenvalue weighted by Gasteiger charge is -1.96. The fourth-order valence-electron chi connectivity index (χ4n) is 1.68. The fourth-order valence-corrected chi connectivity index (χ4v) is 3.71. The average Bonchev–Trinajstić information content (AvgIpc) is 2.81. The van der Waals surface area contributed by atoms with Crippen LogP contribution in [0.3, 0.4) is 0 Å². The van der Waals surface area contributed by atoms with Crippen LogP contribution in [0.4, 0.5) is 0 Å². The molecule has 0 unspecified atom stereocenters. The van der Waals surface area contributed by atoms with Crippen molar-refractivity contribution in [3.63, 3.8) is 0 Å². The summed E-state index contributed by atoms with van der Waals surface area (Å²) in [4.78, 5) is 4.52. The van der Waals surface area contributed by atoms with E-state index in [9.17, 15) is 0 Å². The van der Waals surface area contributed by atoms with E-state index < -0.39 is 0 Å². The third-order valence-corrected chi connectivity index (χ3v) is 4.47. The molecule has 0 spiro atoms. The van der Waals surface area contributed by atoms with E-state index in [4.69, 9.17) is 0 Å². The van der Waals surface area contributed by atoms with Crippen LogP contribution < -0.4 is 0 Å². The van der Waals surface area contributed by atoms with Crippen LogP contribution in [0.1, 0.15) is 5.56 Å². The van der Waals surface area contributed by atoms with Crippen LogP contribution >= 0.6 is 43.6 Å². The molecule has 0 aliphatic rings. The highest BCUT2D eigenvalue weighted by Crippen LogP contribution is 2.25. The first-order chi connectivity index (χ1) is 9.22. The Morgan fingerprint density at radius 3 is 2.74 bits per heavy atom. The quantitative estimate of drug-likeness (QED) is 0.606. The summed E-state index contributed by atoms with van der Waals surface area (Å²) in [5.41, 5.74) is 2.10. The minimum Gasteiger partial charge on any atom is -0.218 e. The van der Waals surface area contributed by atoms with Crippen LogP contribution in [0, 0.1) is 0 Å². The third-order valence-electron chi connectivity index (χ3n) is 2.55. The first kappa shape index (κ1) is 13.1. The van der Waals surface area contributed by atoms with Gasteiger partial charge in [-0.15, -0.1) is 5.10 Å². The van der Waals surface area contributed by atoms with Gasteiger partial charge in [-0.2, -0.15) is 0 Å². The Kier molecular flexibility index (Phi) is 3.91. The van der Waals surface area contributed by atoms with E-state index in [1.54, 1.807) is 16.3 Å².